The summed E-state index contributed by atoms with van der Waals surface area (Å²) in [6.07, 6.45) is 5.67. The van der Waals surface area contributed by atoms with Crippen LogP contribution in [0.4, 0.5) is 14.6 Å². The van der Waals surface area contributed by atoms with Gasteiger partial charge in [0.25, 0.3) is 0 Å². The van der Waals surface area contributed by atoms with Gasteiger partial charge in [-0.1, -0.05) is 0 Å². The monoisotopic (exact) mass is 448 g/mol. The van der Waals surface area contributed by atoms with Crippen LogP contribution >= 0.6 is 0 Å². The van der Waals surface area contributed by atoms with Crippen LogP contribution in [0.3, 0.4) is 0 Å². The minimum Gasteiger partial charge on any atom is -0.431 e. The van der Waals surface area contributed by atoms with Gasteiger partial charge in [0.05, 0.1) is 5.71 Å². The molecule has 0 aromatic carbocycles. The molecule has 0 spiro atoms. The summed E-state index contributed by atoms with van der Waals surface area (Å²) >= 11 is 0. The Kier molecular flexibility index (Phi) is 6.67. The third-order valence-corrected chi connectivity index (χ3v) is 7.00. The maximum absolute atomic E-state index is 12.6. The molecule has 1 aromatic rings. The van der Waals surface area contributed by atoms with E-state index in [1.54, 1.807) is 0 Å². The molecule has 0 radical (unpaired) electrons. The van der Waals surface area contributed by atoms with E-state index in [4.69, 9.17) is 11.1 Å². The SMILES string of the molecule is CC(C)N/C(=C\C(=N)c1cnc(N)c(OC(F)F)c1)[C@H]1[C@@H]2C[C@H](N3CCN(C)CC3)C[C@@H]21. The molecule has 2 saturated carbocycles. The van der Waals surface area contributed by atoms with Crippen molar-refractivity contribution in [1.29, 1.82) is 5.41 Å². The average Bonchev–Trinajstić information content (AvgIpc) is 3.22. The third-order valence-electron chi connectivity index (χ3n) is 7.00. The lowest BCUT2D eigenvalue weighted by atomic mass is 10.0. The number of ether oxygens (including phenoxy) is 1. The molecule has 32 heavy (non-hydrogen) atoms. The molecule has 9 heteroatoms. The third kappa shape index (κ3) is 5.04. The fraction of sp³-hybridized carbons (Fsp3) is 0.652. The number of nitrogens with two attached hydrogens (primary N) is 1. The number of nitrogens with zero attached hydrogens (tertiary/aromatic N) is 3. The summed E-state index contributed by atoms with van der Waals surface area (Å²) in [5, 5.41) is 12.1. The summed E-state index contributed by atoms with van der Waals surface area (Å²) in [6, 6.07) is 2.27. The average molecular weight is 449 g/mol. The zero-order chi connectivity index (χ0) is 23.0. The Labute approximate surface area is 188 Å². The van der Waals surface area contributed by atoms with Crippen LogP contribution in [-0.2, 0) is 0 Å². The van der Waals surface area contributed by atoms with E-state index in [0.717, 1.165) is 31.9 Å². The zero-order valence-corrected chi connectivity index (χ0v) is 19.0. The lowest BCUT2D eigenvalue weighted by molar-refractivity contribution is -0.0495. The van der Waals surface area contributed by atoms with Gasteiger partial charge in [-0.2, -0.15) is 8.78 Å². The summed E-state index contributed by atoms with van der Waals surface area (Å²) in [5.74, 6) is 1.41. The second kappa shape index (κ2) is 9.31. The lowest BCUT2D eigenvalue weighted by Crippen LogP contribution is -2.48. The standard InChI is InChI=1S/C23H34F2N6O/c1-13(2)29-19(11-18(26)14-8-20(32-23(24)25)22(27)28-12-14)21-16-9-15(10-17(16)21)31-6-4-30(3)5-7-31/h8,11-13,15-17,21,23,26,29H,4-7,9-10H2,1-3H3,(H2,27,28)/b19-11-,26-18?/t15-,16+,17-,21-. The van der Waals surface area contributed by atoms with Crippen LogP contribution in [0.5, 0.6) is 5.75 Å². The number of aromatic nitrogens is 1. The van der Waals surface area contributed by atoms with Gasteiger partial charge in [-0.25, -0.2) is 4.98 Å². The predicted octanol–water partition coefficient (Wildman–Crippen LogP) is 2.79. The van der Waals surface area contributed by atoms with Gasteiger partial charge in [-0.05, 0) is 57.7 Å². The quantitative estimate of drug-likeness (QED) is 0.530. The Morgan fingerprint density at radius 3 is 2.50 bits per heavy atom. The van der Waals surface area contributed by atoms with Crippen molar-refractivity contribution in [3.05, 3.63) is 29.6 Å². The van der Waals surface area contributed by atoms with Crippen LogP contribution in [-0.4, -0.2) is 72.4 Å². The second-order valence-electron chi connectivity index (χ2n) is 9.62. The Bertz CT molecular complexity index is 856. The first-order chi connectivity index (χ1) is 15.2. The summed E-state index contributed by atoms with van der Waals surface area (Å²) in [5.41, 5.74) is 7.30. The van der Waals surface area contributed by atoms with Gasteiger partial charge in [0.1, 0.15) is 0 Å². The van der Waals surface area contributed by atoms with Crippen molar-refractivity contribution in [2.24, 2.45) is 17.8 Å². The van der Waals surface area contributed by atoms with E-state index in [0.29, 0.717) is 29.4 Å². The highest BCUT2D eigenvalue weighted by Gasteiger charge is 2.58. The van der Waals surface area contributed by atoms with Crippen molar-refractivity contribution in [2.45, 2.75) is 45.4 Å². The molecule has 3 fully saturated rings. The van der Waals surface area contributed by atoms with Gasteiger partial charge in [0, 0.05) is 61.6 Å². The maximum Gasteiger partial charge on any atom is 0.387 e. The summed E-state index contributed by atoms with van der Waals surface area (Å²) in [4.78, 5) is 8.96. The van der Waals surface area contributed by atoms with Gasteiger partial charge in [-0.15, -0.1) is 0 Å². The molecule has 2 aliphatic carbocycles. The first-order valence-electron chi connectivity index (χ1n) is 11.4. The number of halogens is 2. The van der Waals surface area contributed by atoms with Crippen LogP contribution in [0.2, 0.25) is 0 Å². The number of nitrogen functional groups attached to an aromatic ring is 1. The summed E-state index contributed by atoms with van der Waals surface area (Å²) in [7, 11) is 2.18. The maximum atomic E-state index is 12.6. The molecule has 7 nitrogen and oxygen atoms in total. The molecule has 4 N–H and O–H groups in total. The molecule has 0 unspecified atom stereocenters. The first-order valence-corrected chi connectivity index (χ1v) is 11.4. The summed E-state index contributed by atoms with van der Waals surface area (Å²) in [6.45, 7) is 5.76. The van der Waals surface area contributed by atoms with E-state index in [1.165, 1.54) is 25.1 Å². The van der Waals surface area contributed by atoms with Crippen molar-refractivity contribution in [2.75, 3.05) is 39.0 Å². The van der Waals surface area contributed by atoms with E-state index in [-0.39, 0.29) is 23.3 Å². The van der Waals surface area contributed by atoms with Crippen LogP contribution < -0.4 is 15.8 Å². The highest BCUT2D eigenvalue weighted by atomic mass is 19.3. The fourth-order valence-corrected chi connectivity index (χ4v) is 5.36. The zero-order valence-electron chi connectivity index (χ0n) is 19.0. The molecular weight excluding hydrogens is 414 g/mol. The number of piperazine rings is 1. The molecule has 176 valence electrons. The molecule has 1 aromatic heterocycles. The Morgan fingerprint density at radius 1 is 1.25 bits per heavy atom. The lowest BCUT2D eigenvalue weighted by Gasteiger charge is -2.37. The van der Waals surface area contributed by atoms with Gasteiger partial charge < -0.3 is 26.1 Å². The Hall–Kier alpha value is -2.26. The van der Waals surface area contributed by atoms with E-state index < -0.39 is 6.61 Å². The molecule has 3 aliphatic rings. The highest BCUT2D eigenvalue weighted by Crippen LogP contribution is 2.61. The minimum atomic E-state index is -2.99. The number of hydrogen-bond donors (Lipinski definition) is 3. The smallest absolute Gasteiger partial charge is 0.387 e. The largest absolute Gasteiger partial charge is 0.431 e. The van der Waals surface area contributed by atoms with Gasteiger partial charge in [0.2, 0.25) is 0 Å². The first kappa shape index (κ1) is 22.9. The Morgan fingerprint density at radius 2 is 1.91 bits per heavy atom. The van der Waals surface area contributed by atoms with Gasteiger partial charge >= 0.3 is 6.61 Å². The molecule has 1 aliphatic heterocycles. The van der Waals surface area contributed by atoms with Crippen LogP contribution in [0.1, 0.15) is 32.3 Å². The number of hydrogen-bond acceptors (Lipinski definition) is 7. The van der Waals surface area contributed by atoms with Crippen LogP contribution in [0.15, 0.2) is 24.0 Å². The molecule has 4 atom stereocenters. The van der Waals surface area contributed by atoms with Crippen molar-refractivity contribution >= 4 is 11.5 Å². The topological polar surface area (TPSA) is 90.5 Å². The molecule has 0 bridgehead atoms. The van der Waals surface area contributed by atoms with Crippen LogP contribution in [0, 0.1) is 23.2 Å². The number of fused-ring (bicyclic) bond motifs is 1. The number of anilines is 1. The second-order valence-corrected chi connectivity index (χ2v) is 9.62. The minimum absolute atomic E-state index is 0.113. The predicted molar refractivity (Wildman–Crippen MR) is 121 cm³/mol. The van der Waals surface area contributed by atoms with Crippen molar-refractivity contribution < 1.29 is 13.5 Å². The molecule has 1 saturated heterocycles. The van der Waals surface area contributed by atoms with Crippen LogP contribution in [0.25, 0.3) is 0 Å². The normalized spacial score (nSPS) is 28.8. The number of alkyl halides is 2. The van der Waals surface area contributed by atoms with E-state index in [2.05, 4.69) is 45.7 Å². The molecule has 4 rings (SSSR count). The number of allylic oxidation sites excluding steroid dienone is 2. The van der Waals surface area contributed by atoms with Crippen molar-refractivity contribution in [1.82, 2.24) is 20.1 Å². The Balaban J connectivity index is 1.44. The molecular formula is C23H34F2N6O. The van der Waals surface area contributed by atoms with Gasteiger partial charge in [0.15, 0.2) is 11.6 Å². The number of rotatable bonds is 8. The van der Waals surface area contributed by atoms with E-state index in [9.17, 15) is 8.78 Å². The number of likely N-dealkylation sites (N-methyl/N-ethyl adjacent to an activating group) is 1. The van der Waals surface area contributed by atoms with E-state index in [1.807, 2.05) is 6.08 Å². The highest BCUT2D eigenvalue weighted by molar-refractivity contribution is 6.07. The van der Waals surface area contributed by atoms with Crippen molar-refractivity contribution in [3.8, 4) is 5.75 Å². The summed E-state index contributed by atoms with van der Waals surface area (Å²) < 4.78 is 29.7. The molecule has 2 heterocycles. The number of pyridine rings is 1. The fourth-order valence-electron chi connectivity index (χ4n) is 5.36. The number of nitrogens with one attached hydrogen (secondary N) is 2. The van der Waals surface area contributed by atoms with Crippen molar-refractivity contribution in [3.63, 3.8) is 0 Å². The molecule has 0 amide bonds. The van der Waals surface area contributed by atoms with E-state index >= 15 is 0 Å². The van der Waals surface area contributed by atoms with Gasteiger partial charge in [-0.3, -0.25) is 4.90 Å².